The fourth-order valence-electron chi connectivity index (χ4n) is 9.74. The second-order valence-corrected chi connectivity index (χ2v) is 27.8. The molecule has 0 fully saturated rings. The van der Waals surface area contributed by atoms with Gasteiger partial charge in [-0.05, 0) is 109 Å². The van der Waals surface area contributed by atoms with Gasteiger partial charge < -0.3 is 33.8 Å². The summed E-state index contributed by atoms with van der Waals surface area (Å²) in [5, 5.41) is 10.6. The van der Waals surface area contributed by atoms with Crippen LogP contribution in [0, 0.1) is 0 Å². The Morgan fingerprint density at radius 3 is 0.949 bits per heavy atom. The minimum atomic E-state index is -4.99. The molecule has 17 nitrogen and oxygen atoms in total. The van der Waals surface area contributed by atoms with Crippen LogP contribution in [-0.2, 0) is 65.4 Å². The molecule has 5 atom stereocenters. The number of carbonyl (C=O) groups excluding carboxylic acids is 4. The predicted molar refractivity (Wildman–Crippen MR) is 399 cm³/mol. The molecule has 0 aromatic rings. The van der Waals surface area contributed by atoms with Crippen molar-refractivity contribution in [2.24, 2.45) is 0 Å². The van der Waals surface area contributed by atoms with E-state index in [2.05, 4.69) is 125 Å². The van der Waals surface area contributed by atoms with E-state index in [0.717, 1.165) is 141 Å². The summed E-state index contributed by atoms with van der Waals surface area (Å²) in [5.74, 6) is -2.35. The molecular formula is C79H134O17P2. The lowest BCUT2D eigenvalue weighted by Crippen LogP contribution is -2.30. The average molecular weight is 1420 g/mol. The third-order valence-electron chi connectivity index (χ3n) is 15.5. The van der Waals surface area contributed by atoms with Crippen molar-refractivity contribution in [1.82, 2.24) is 0 Å². The molecule has 0 aliphatic heterocycles. The molecule has 0 spiro atoms. The number of unbranched alkanes of at least 4 members (excludes halogenated alkanes) is 25. The number of rotatable bonds is 70. The summed E-state index contributed by atoms with van der Waals surface area (Å²) >= 11 is 0. The topological polar surface area (TPSA) is 237 Å². The Hall–Kier alpha value is -4.54. The van der Waals surface area contributed by atoms with Gasteiger partial charge in [0.15, 0.2) is 12.2 Å². The van der Waals surface area contributed by atoms with Gasteiger partial charge in [0.05, 0.1) is 32.8 Å². The Kier molecular flexibility index (Phi) is 67.6. The van der Waals surface area contributed by atoms with Crippen LogP contribution in [-0.4, -0.2) is 96.7 Å². The highest BCUT2D eigenvalue weighted by Gasteiger charge is 2.30. The molecule has 0 radical (unpaired) electrons. The van der Waals surface area contributed by atoms with Crippen LogP contribution in [0.4, 0.5) is 0 Å². The lowest BCUT2D eigenvalue weighted by atomic mass is 10.0. The van der Waals surface area contributed by atoms with Gasteiger partial charge in [-0.15, -0.1) is 0 Å². The number of carbonyl (C=O) groups is 4. The van der Waals surface area contributed by atoms with Crippen LogP contribution in [0.3, 0.4) is 0 Å². The molecule has 0 saturated heterocycles. The SMILES string of the molecule is CC/C=C\C/C=C\C/C=C\C/C=C\C/C=C\CC(=O)OCC(COP(=O)(O)OCC(O)COP(=O)(O)OCC(COC(=O)CCCCCC/C=C\C/C=C\C/C=C\C/C=C\CC)OC(=O)CCCCCCCCCCCCCCCCC)OC(=O)CCCCCCC/C=C\CCCC. The zero-order valence-electron chi connectivity index (χ0n) is 61.2. The Morgan fingerprint density at radius 1 is 0.306 bits per heavy atom. The number of allylic oxidation sites excluding steroid dienone is 19. The smallest absolute Gasteiger partial charge is 0.462 e. The summed E-state index contributed by atoms with van der Waals surface area (Å²) in [4.78, 5) is 72.7. The van der Waals surface area contributed by atoms with E-state index >= 15 is 0 Å². The maximum Gasteiger partial charge on any atom is 0.472 e. The number of phosphoric ester groups is 2. The molecule has 562 valence electrons. The summed E-state index contributed by atoms with van der Waals surface area (Å²) in [6.45, 7) is 4.46. The van der Waals surface area contributed by atoms with Crippen molar-refractivity contribution in [2.75, 3.05) is 39.6 Å². The highest BCUT2D eigenvalue weighted by Crippen LogP contribution is 2.45. The van der Waals surface area contributed by atoms with Gasteiger partial charge in [-0.25, -0.2) is 9.13 Å². The van der Waals surface area contributed by atoms with Crippen molar-refractivity contribution in [3.63, 3.8) is 0 Å². The van der Waals surface area contributed by atoms with Gasteiger partial charge in [-0.3, -0.25) is 37.3 Å². The summed E-state index contributed by atoms with van der Waals surface area (Å²) in [7, 11) is -9.98. The van der Waals surface area contributed by atoms with Crippen molar-refractivity contribution < 1.29 is 80.2 Å². The lowest BCUT2D eigenvalue weighted by molar-refractivity contribution is -0.161. The Labute approximate surface area is 593 Å². The van der Waals surface area contributed by atoms with Gasteiger partial charge >= 0.3 is 39.5 Å². The van der Waals surface area contributed by atoms with E-state index in [1.54, 1.807) is 6.08 Å². The molecule has 0 aliphatic rings. The highest BCUT2D eigenvalue weighted by molar-refractivity contribution is 7.47. The minimum Gasteiger partial charge on any atom is -0.462 e. The third kappa shape index (κ3) is 69.9. The molecule has 3 N–H and O–H groups in total. The Morgan fingerprint density at radius 2 is 0.582 bits per heavy atom. The van der Waals surface area contributed by atoms with Crippen LogP contribution in [0.25, 0.3) is 0 Å². The molecule has 0 amide bonds. The zero-order valence-corrected chi connectivity index (χ0v) is 63.0. The fraction of sp³-hybridized carbons (Fsp3) is 0.696. The molecular weight excluding hydrogens is 1280 g/mol. The van der Waals surface area contributed by atoms with E-state index in [4.69, 9.17) is 37.0 Å². The summed E-state index contributed by atoms with van der Waals surface area (Å²) < 4.78 is 68.3. The summed E-state index contributed by atoms with van der Waals surface area (Å²) in [6.07, 6.45) is 76.6. The zero-order chi connectivity index (χ0) is 71.8. The standard InChI is InChI=1S/C79H134O17P2/c1-5-9-13-17-21-25-29-32-35-36-39-41-45-48-52-56-60-64-77(82)90-70-75(96-79(84)66-62-58-54-50-46-42-38-34-31-27-23-19-15-11-7-3)72-94-98(87,88)92-68-73(80)67-91-97(85,86)93-71-74(95-78(83)65-61-57-53-49-43-28-24-20-16-12-8-4)69-89-76(81)63-59-55-51-47-44-40-37-33-30-26-22-18-14-10-6-2/h9-10,13-14,20-22,24-26,32-33,35,37,39,41,44,47,55,59,73-75,80H,5-8,11-12,15-19,23,27-31,34,36,38,40,42-43,45-46,48-54,56-58,60-72H2,1-4H3,(H,85,86)(H,87,88)/b13-9-,14-10-,24-20-,25-21-,26-22-,35-32-,37-33-,41-39-,47-44-,59-55-. The van der Waals surface area contributed by atoms with Crippen molar-refractivity contribution in [3.8, 4) is 0 Å². The fourth-order valence-corrected chi connectivity index (χ4v) is 11.3. The van der Waals surface area contributed by atoms with Gasteiger partial charge in [0.25, 0.3) is 0 Å². The van der Waals surface area contributed by atoms with Crippen LogP contribution in [0.5, 0.6) is 0 Å². The quantitative estimate of drug-likeness (QED) is 0.0169. The number of hydrogen-bond donors (Lipinski definition) is 3. The van der Waals surface area contributed by atoms with Crippen molar-refractivity contribution in [1.29, 1.82) is 0 Å². The largest absolute Gasteiger partial charge is 0.472 e. The first kappa shape index (κ1) is 93.5. The monoisotopic (exact) mass is 1420 g/mol. The van der Waals surface area contributed by atoms with Crippen molar-refractivity contribution in [3.05, 3.63) is 122 Å². The Balaban J connectivity index is 5.41. The third-order valence-corrected chi connectivity index (χ3v) is 17.4. The predicted octanol–water partition coefficient (Wildman–Crippen LogP) is 21.6. The summed E-state index contributed by atoms with van der Waals surface area (Å²) in [6, 6.07) is 0. The van der Waals surface area contributed by atoms with Crippen LogP contribution in [0.2, 0.25) is 0 Å². The van der Waals surface area contributed by atoms with E-state index in [1.165, 1.54) is 77.0 Å². The second-order valence-electron chi connectivity index (χ2n) is 24.8. The van der Waals surface area contributed by atoms with Gasteiger partial charge in [0.2, 0.25) is 0 Å². The number of hydrogen-bond acceptors (Lipinski definition) is 15. The maximum absolute atomic E-state index is 13.1. The number of ether oxygens (including phenoxy) is 4. The van der Waals surface area contributed by atoms with E-state index in [0.29, 0.717) is 25.7 Å². The van der Waals surface area contributed by atoms with Crippen LogP contribution >= 0.6 is 15.6 Å². The number of aliphatic hydroxyl groups excluding tert-OH is 1. The van der Waals surface area contributed by atoms with Gasteiger partial charge in [-0.1, -0.05) is 284 Å². The van der Waals surface area contributed by atoms with Gasteiger partial charge in [0.1, 0.15) is 19.3 Å². The minimum absolute atomic E-state index is 0.0630. The van der Waals surface area contributed by atoms with E-state index < -0.39 is 97.5 Å². The van der Waals surface area contributed by atoms with E-state index in [-0.39, 0.29) is 25.7 Å². The van der Waals surface area contributed by atoms with Crippen LogP contribution in [0.15, 0.2) is 122 Å². The molecule has 0 aromatic heterocycles. The summed E-state index contributed by atoms with van der Waals surface area (Å²) in [5.41, 5.74) is 0. The van der Waals surface area contributed by atoms with Gasteiger partial charge in [-0.2, -0.15) is 0 Å². The lowest BCUT2D eigenvalue weighted by Gasteiger charge is -2.21. The average Bonchev–Trinajstić information content (AvgIpc) is 0.985. The second kappa shape index (κ2) is 70.9. The molecule has 98 heavy (non-hydrogen) atoms. The van der Waals surface area contributed by atoms with Crippen LogP contribution < -0.4 is 0 Å². The van der Waals surface area contributed by atoms with Crippen LogP contribution in [0.1, 0.15) is 297 Å². The van der Waals surface area contributed by atoms with E-state index in [1.807, 2.05) is 18.2 Å². The normalized spacial score (nSPS) is 14.6. The number of phosphoric acid groups is 2. The first-order valence-electron chi connectivity index (χ1n) is 37.8. The van der Waals surface area contributed by atoms with Crippen molar-refractivity contribution >= 4 is 39.5 Å². The molecule has 0 bridgehead atoms. The van der Waals surface area contributed by atoms with Crippen molar-refractivity contribution in [2.45, 2.75) is 316 Å². The molecule has 0 saturated carbocycles. The first-order valence-corrected chi connectivity index (χ1v) is 40.8. The molecule has 0 aliphatic carbocycles. The number of esters is 4. The molecule has 0 rings (SSSR count). The highest BCUT2D eigenvalue weighted by atomic mass is 31.2. The Bertz CT molecular complexity index is 2340. The first-order chi connectivity index (χ1) is 47.7. The van der Waals surface area contributed by atoms with Gasteiger partial charge in [0, 0.05) is 19.3 Å². The van der Waals surface area contributed by atoms with E-state index in [9.17, 15) is 43.2 Å². The maximum atomic E-state index is 13.1. The molecule has 5 unspecified atom stereocenters. The molecule has 0 heterocycles. The number of aliphatic hydroxyl groups is 1. The molecule has 0 aromatic carbocycles. The molecule has 19 heteroatoms.